The van der Waals surface area contributed by atoms with Crippen molar-refractivity contribution in [3.05, 3.63) is 34.6 Å². The first-order valence-corrected chi connectivity index (χ1v) is 11.2. The van der Waals surface area contributed by atoms with Gasteiger partial charge in [-0.1, -0.05) is 30.8 Å². The van der Waals surface area contributed by atoms with Crippen molar-refractivity contribution in [1.82, 2.24) is 19.8 Å². The molecule has 0 aliphatic carbocycles. The molecule has 3 rings (SSSR count). The number of rotatable bonds is 8. The number of benzene rings is 1. The zero-order valence-electron chi connectivity index (χ0n) is 16.8. The minimum Gasteiger partial charge on any atom is -0.355 e. The fourth-order valence-electron chi connectivity index (χ4n) is 3.78. The summed E-state index contributed by atoms with van der Waals surface area (Å²) in [7, 11) is 0. The predicted molar refractivity (Wildman–Crippen MR) is 115 cm³/mol. The molecule has 1 saturated heterocycles. The van der Waals surface area contributed by atoms with Gasteiger partial charge in [-0.15, -0.1) is 0 Å². The van der Waals surface area contributed by atoms with Crippen LogP contribution < -0.4 is 10.9 Å². The lowest BCUT2D eigenvalue weighted by atomic mass is 10.0. The largest absolute Gasteiger partial charge is 0.355 e. The second-order valence-electron chi connectivity index (χ2n) is 7.50. The van der Waals surface area contributed by atoms with E-state index in [1.54, 1.807) is 4.57 Å². The van der Waals surface area contributed by atoms with Crippen LogP contribution >= 0.6 is 11.8 Å². The fraction of sp³-hybridized carbons (Fsp3) is 0.571. The van der Waals surface area contributed by atoms with Crippen molar-refractivity contribution in [1.29, 1.82) is 0 Å². The lowest BCUT2D eigenvalue weighted by molar-refractivity contribution is -0.118. The Labute approximate surface area is 170 Å². The Morgan fingerprint density at radius 1 is 1.36 bits per heavy atom. The Hall–Kier alpha value is -1.86. The molecule has 2 heterocycles. The maximum atomic E-state index is 12.6. The molecule has 1 fully saturated rings. The van der Waals surface area contributed by atoms with Crippen molar-refractivity contribution >= 4 is 28.7 Å². The molecule has 0 radical (unpaired) electrons. The highest BCUT2D eigenvalue weighted by Crippen LogP contribution is 2.17. The van der Waals surface area contributed by atoms with Crippen molar-refractivity contribution in [2.45, 2.75) is 44.7 Å². The second kappa shape index (κ2) is 10.1. The summed E-state index contributed by atoms with van der Waals surface area (Å²) >= 11 is 1.22. The number of thioether (sulfide) groups is 1. The molecule has 1 amide bonds. The van der Waals surface area contributed by atoms with Crippen LogP contribution in [0.2, 0.25) is 0 Å². The Balaban J connectivity index is 1.48. The van der Waals surface area contributed by atoms with Gasteiger partial charge < -0.3 is 14.8 Å². The maximum Gasteiger partial charge on any atom is 0.283 e. The average Bonchev–Trinajstić information content (AvgIpc) is 2.70. The minimum absolute atomic E-state index is 0.0468. The number of nitrogens with zero attached hydrogens (tertiary/aromatic N) is 3. The molecule has 152 valence electrons. The van der Waals surface area contributed by atoms with Crippen molar-refractivity contribution in [3.63, 3.8) is 0 Å². The highest BCUT2D eigenvalue weighted by atomic mass is 32.2. The average molecular weight is 403 g/mol. The molecule has 0 spiro atoms. The summed E-state index contributed by atoms with van der Waals surface area (Å²) in [4.78, 5) is 31.7. The van der Waals surface area contributed by atoms with Crippen LogP contribution in [0.1, 0.15) is 33.1 Å². The number of aromatic nitrogens is 2. The van der Waals surface area contributed by atoms with Crippen molar-refractivity contribution in [3.8, 4) is 0 Å². The first-order valence-electron chi connectivity index (χ1n) is 10.2. The van der Waals surface area contributed by atoms with Crippen LogP contribution in [0.5, 0.6) is 0 Å². The Morgan fingerprint density at radius 2 is 2.18 bits per heavy atom. The minimum atomic E-state index is -0.127. The van der Waals surface area contributed by atoms with E-state index in [0.717, 1.165) is 29.9 Å². The zero-order valence-corrected chi connectivity index (χ0v) is 17.6. The standard InChI is InChI=1S/C21H30N4O2S/c1-3-25-18-10-5-4-9-17(18)23-20(21(25)27)28-15-19(26)22-11-7-13-24-12-6-8-16(2)14-24/h4-5,9-10,16H,3,6-8,11-15H2,1-2H3,(H,22,26). The molecule has 2 aromatic rings. The van der Waals surface area contributed by atoms with Crippen LogP contribution in [-0.4, -0.2) is 52.3 Å². The van der Waals surface area contributed by atoms with E-state index < -0.39 is 0 Å². The number of hydrogen-bond donors (Lipinski definition) is 1. The summed E-state index contributed by atoms with van der Waals surface area (Å²) in [5.74, 6) is 0.946. The van der Waals surface area contributed by atoms with E-state index in [4.69, 9.17) is 0 Å². The van der Waals surface area contributed by atoms with Gasteiger partial charge in [0.1, 0.15) is 0 Å². The van der Waals surface area contributed by atoms with Gasteiger partial charge in [0.2, 0.25) is 5.91 Å². The molecule has 6 nitrogen and oxygen atoms in total. The summed E-state index contributed by atoms with van der Waals surface area (Å²) in [6.45, 7) is 8.87. The molecular formula is C21H30N4O2S. The van der Waals surface area contributed by atoms with Gasteiger partial charge in [0, 0.05) is 19.6 Å². The number of piperidine rings is 1. The first-order chi connectivity index (χ1) is 13.6. The smallest absolute Gasteiger partial charge is 0.283 e. The van der Waals surface area contributed by atoms with Crippen molar-refractivity contribution < 1.29 is 4.79 Å². The topological polar surface area (TPSA) is 67.2 Å². The molecule has 0 saturated carbocycles. The molecule has 1 aromatic heterocycles. The van der Waals surface area contributed by atoms with Gasteiger partial charge in [-0.3, -0.25) is 9.59 Å². The number of nitrogens with one attached hydrogen (secondary N) is 1. The van der Waals surface area contributed by atoms with E-state index >= 15 is 0 Å². The molecule has 1 aliphatic rings. The van der Waals surface area contributed by atoms with Gasteiger partial charge in [0.15, 0.2) is 5.03 Å². The van der Waals surface area contributed by atoms with Crippen molar-refractivity contribution in [2.24, 2.45) is 5.92 Å². The van der Waals surface area contributed by atoms with E-state index in [0.29, 0.717) is 18.1 Å². The second-order valence-corrected chi connectivity index (χ2v) is 8.46. The van der Waals surface area contributed by atoms with Gasteiger partial charge >= 0.3 is 0 Å². The monoisotopic (exact) mass is 402 g/mol. The predicted octanol–water partition coefficient (Wildman–Crippen LogP) is 2.75. The first kappa shape index (κ1) is 20.9. The third kappa shape index (κ3) is 5.35. The van der Waals surface area contributed by atoms with Crippen LogP contribution in [0.25, 0.3) is 11.0 Å². The van der Waals surface area contributed by atoms with Crippen LogP contribution in [0.15, 0.2) is 34.1 Å². The molecule has 1 atom stereocenters. The lowest BCUT2D eigenvalue weighted by Gasteiger charge is -2.30. The molecule has 1 aliphatic heterocycles. The summed E-state index contributed by atoms with van der Waals surface area (Å²) in [5.41, 5.74) is 1.48. The normalized spacial score (nSPS) is 17.7. The molecular weight excluding hydrogens is 372 g/mol. The number of aryl methyl sites for hydroxylation is 1. The third-order valence-electron chi connectivity index (χ3n) is 5.19. The van der Waals surface area contributed by atoms with E-state index in [1.165, 1.54) is 37.7 Å². The van der Waals surface area contributed by atoms with Gasteiger partial charge in [-0.25, -0.2) is 4.98 Å². The molecule has 1 N–H and O–H groups in total. The number of fused-ring (bicyclic) bond motifs is 1. The summed E-state index contributed by atoms with van der Waals surface area (Å²) < 4.78 is 1.71. The van der Waals surface area contributed by atoms with Crippen molar-refractivity contribution in [2.75, 3.05) is 31.9 Å². The fourth-order valence-corrected chi connectivity index (χ4v) is 4.55. The van der Waals surface area contributed by atoms with E-state index in [9.17, 15) is 9.59 Å². The summed E-state index contributed by atoms with van der Waals surface area (Å²) in [5, 5.41) is 3.35. The molecule has 7 heteroatoms. The Kier molecular flexibility index (Phi) is 7.50. The molecule has 0 bridgehead atoms. The SMILES string of the molecule is CCn1c(=O)c(SCC(=O)NCCCN2CCCC(C)C2)nc2ccccc21. The quantitative estimate of drug-likeness (QED) is 0.543. The number of likely N-dealkylation sites (tertiary alicyclic amines) is 1. The summed E-state index contributed by atoms with van der Waals surface area (Å²) in [6.07, 6.45) is 3.56. The number of hydrogen-bond acceptors (Lipinski definition) is 5. The zero-order chi connectivity index (χ0) is 19.9. The highest BCUT2D eigenvalue weighted by Gasteiger charge is 2.16. The number of carbonyl (C=O) groups excluding carboxylic acids is 1. The van der Waals surface area contributed by atoms with E-state index in [1.807, 2.05) is 31.2 Å². The lowest BCUT2D eigenvalue weighted by Crippen LogP contribution is -2.36. The van der Waals surface area contributed by atoms with Crippen LogP contribution in [-0.2, 0) is 11.3 Å². The van der Waals surface area contributed by atoms with Gasteiger partial charge in [0.25, 0.3) is 5.56 Å². The molecule has 28 heavy (non-hydrogen) atoms. The number of amides is 1. The summed E-state index contributed by atoms with van der Waals surface area (Å²) in [6, 6.07) is 7.61. The Morgan fingerprint density at radius 3 is 2.96 bits per heavy atom. The number of para-hydroxylation sites is 2. The van der Waals surface area contributed by atoms with Crippen LogP contribution in [0.3, 0.4) is 0 Å². The highest BCUT2D eigenvalue weighted by molar-refractivity contribution is 7.99. The van der Waals surface area contributed by atoms with E-state index in [-0.39, 0.29) is 17.2 Å². The maximum absolute atomic E-state index is 12.6. The van der Waals surface area contributed by atoms with Gasteiger partial charge in [0.05, 0.1) is 16.8 Å². The van der Waals surface area contributed by atoms with Crippen LogP contribution in [0, 0.1) is 5.92 Å². The van der Waals surface area contributed by atoms with Gasteiger partial charge in [-0.05, 0) is 57.3 Å². The van der Waals surface area contributed by atoms with Crippen LogP contribution in [0.4, 0.5) is 0 Å². The number of carbonyl (C=O) groups is 1. The molecule has 1 unspecified atom stereocenters. The third-order valence-corrected chi connectivity index (χ3v) is 6.14. The molecule has 1 aromatic carbocycles. The Bertz CT molecular complexity index is 867. The van der Waals surface area contributed by atoms with Gasteiger partial charge in [-0.2, -0.15) is 0 Å². The van der Waals surface area contributed by atoms with E-state index in [2.05, 4.69) is 22.1 Å².